The molecule has 126 valence electrons. The van der Waals surface area contributed by atoms with Gasteiger partial charge in [0.15, 0.2) is 0 Å². The molecule has 0 unspecified atom stereocenters. The van der Waals surface area contributed by atoms with Crippen LogP contribution in [0.15, 0.2) is 30.6 Å². The quantitative estimate of drug-likeness (QED) is 0.652. The zero-order chi connectivity index (χ0) is 17.1. The standard InChI is InChI=1S/C18H23N5O/c1-12(2)24-13-5-6-15(19)14(9-13)18(20)16-10-17(22-11-21-16)23-7-3-4-8-23/h5-6,9-12,20H,3-4,7-8,19H2,1-2H3. The largest absolute Gasteiger partial charge is 0.491 e. The topological polar surface area (TPSA) is 88.1 Å². The molecule has 1 aromatic carbocycles. The molecule has 2 aromatic rings. The molecule has 0 spiro atoms. The number of rotatable bonds is 5. The van der Waals surface area contributed by atoms with Crippen molar-refractivity contribution in [1.82, 2.24) is 9.97 Å². The zero-order valence-corrected chi connectivity index (χ0v) is 14.1. The summed E-state index contributed by atoms with van der Waals surface area (Å²) >= 11 is 0. The van der Waals surface area contributed by atoms with Crippen molar-refractivity contribution in [2.45, 2.75) is 32.8 Å². The Labute approximate surface area is 142 Å². The molecule has 0 bridgehead atoms. The smallest absolute Gasteiger partial charge is 0.132 e. The van der Waals surface area contributed by atoms with E-state index in [1.54, 1.807) is 12.1 Å². The second-order valence-electron chi connectivity index (χ2n) is 6.25. The number of aromatic nitrogens is 2. The SMILES string of the molecule is CC(C)Oc1ccc(N)c(C(=N)c2cc(N3CCCC3)ncn2)c1. The van der Waals surface area contributed by atoms with Gasteiger partial charge in [-0.1, -0.05) is 0 Å². The van der Waals surface area contributed by atoms with Crippen LogP contribution in [-0.4, -0.2) is 34.9 Å². The average molecular weight is 325 g/mol. The molecular weight excluding hydrogens is 302 g/mol. The summed E-state index contributed by atoms with van der Waals surface area (Å²) in [7, 11) is 0. The molecule has 6 nitrogen and oxygen atoms in total. The normalized spacial score (nSPS) is 14.2. The number of nitrogens with zero attached hydrogens (tertiary/aromatic N) is 3. The Morgan fingerprint density at radius 2 is 1.96 bits per heavy atom. The van der Waals surface area contributed by atoms with Crippen LogP contribution in [0.5, 0.6) is 5.75 Å². The molecule has 1 fully saturated rings. The molecule has 0 atom stereocenters. The minimum atomic E-state index is 0.0662. The van der Waals surface area contributed by atoms with Gasteiger partial charge in [-0.3, -0.25) is 5.41 Å². The molecule has 2 heterocycles. The lowest BCUT2D eigenvalue weighted by Gasteiger charge is -2.17. The fourth-order valence-corrected chi connectivity index (χ4v) is 2.84. The van der Waals surface area contributed by atoms with Gasteiger partial charge >= 0.3 is 0 Å². The molecule has 24 heavy (non-hydrogen) atoms. The third-order valence-corrected chi connectivity index (χ3v) is 4.00. The van der Waals surface area contributed by atoms with Crippen molar-refractivity contribution < 1.29 is 4.74 Å². The Hall–Kier alpha value is -2.63. The van der Waals surface area contributed by atoms with Gasteiger partial charge in [0.1, 0.15) is 17.9 Å². The summed E-state index contributed by atoms with van der Waals surface area (Å²) in [6.45, 7) is 5.94. The Bertz CT molecular complexity index is 738. The van der Waals surface area contributed by atoms with Crippen LogP contribution in [0.4, 0.5) is 11.5 Å². The van der Waals surface area contributed by atoms with E-state index in [9.17, 15) is 0 Å². The van der Waals surface area contributed by atoms with Crippen LogP contribution < -0.4 is 15.4 Å². The lowest BCUT2D eigenvalue weighted by molar-refractivity contribution is 0.242. The summed E-state index contributed by atoms with van der Waals surface area (Å²) < 4.78 is 5.71. The number of hydrogen-bond donors (Lipinski definition) is 2. The highest BCUT2D eigenvalue weighted by Crippen LogP contribution is 2.24. The second kappa shape index (κ2) is 6.86. The van der Waals surface area contributed by atoms with Crippen LogP contribution in [0.1, 0.15) is 37.9 Å². The predicted octanol–water partition coefficient (Wildman–Crippen LogP) is 2.86. The molecule has 3 N–H and O–H groups in total. The van der Waals surface area contributed by atoms with E-state index in [1.165, 1.54) is 19.2 Å². The summed E-state index contributed by atoms with van der Waals surface area (Å²) in [6, 6.07) is 7.25. The van der Waals surface area contributed by atoms with Crippen LogP contribution >= 0.6 is 0 Å². The maximum Gasteiger partial charge on any atom is 0.132 e. The summed E-state index contributed by atoms with van der Waals surface area (Å²) in [4.78, 5) is 10.8. The first-order valence-electron chi connectivity index (χ1n) is 8.27. The molecule has 6 heteroatoms. The van der Waals surface area contributed by atoms with E-state index in [-0.39, 0.29) is 11.8 Å². The number of ether oxygens (including phenoxy) is 1. The molecule has 0 aliphatic carbocycles. The number of anilines is 2. The van der Waals surface area contributed by atoms with E-state index in [4.69, 9.17) is 15.9 Å². The highest BCUT2D eigenvalue weighted by molar-refractivity contribution is 6.13. The summed E-state index contributed by atoms with van der Waals surface area (Å²) in [5.41, 5.74) is 8.08. The number of nitrogen functional groups attached to an aromatic ring is 1. The van der Waals surface area contributed by atoms with Gasteiger partial charge < -0.3 is 15.4 Å². The monoisotopic (exact) mass is 325 g/mol. The second-order valence-corrected chi connectivity index (χ2v) is 6.25. The molecule has 0 amide bonds. The Morgan fingerprint density at radius 3 is 2.67 bits per heavy atom. The minimum absolute atomic E-state index is 0.0662. The summed E-state index contributed by atoms with van der Waals surface area (Å²) in [5.74, 6) is 1.57. The maximum absolute atomic E-state index is 8.51. The van der Waals surface area contributed by atoms with Crippen molar-refractivity contribution in [3.63, 3.8) is 0 Å². The van der Waals surface area contributed by atoms with Gasteiger partial charge in [0.05, 0.1) is 17.5 Å². The fraction of sp³-hybridized carbons (Fsp3) is 0.389. The Balaban J connectivity index is 1.89. The van der Waals surface area contributed by atoms with Crippen LogP contribution in [0.2, 0.25) is 0 Å². The number of nitrogens with two attached hydrogens (primary N) is 1. The van der Waals surface area contributed by atoms with Crippen molar-refractivity contribution in [3.8, 4) is 5.75 Å². The lowest BCUT2D eigenvalue weighted by atomic mass is 10.0. The fourth-order valence-electron chi connectivity index (χ4n) is 2.84. The zero-order valence-electron chi connectivity index (χ0n) is 14.1. The van der Waals surface area contributed by atoms with Crippen molar-refractivity contribution in [2.24, 2.45) is 0 Å². The maximum atomic E-state index is 8.51. The van der Waals surface area contributed by atoms with Crippen LogP contribution in [0.3, 0.4) is 0 Å². The van der Waals surface area contributed by atoms with Crippen LogP contribution in [-0.2, 0) is 0 Å². The number of nitrogens with one attached hydrogen (secondary N) is 1. The molecule has 3 rings (SSSR count). The van der Waals surface area contributed by atoms with Crippen LogP contribution in [0, 0.1) is 5.41 Å². The first-order chi connectivity index (χ1) is 11.5. The number of hydrogen-bond acceptors (Lipinski definition) is 6. The third kappa shape index (κ3) is 3.48. The van der Waals surface area contributed by atoms with Gasteiger partial charge in [-0.15, -0.1) is 0 Å². The van der Waals surface area contributed by atoms with Crippen molar-refractivity contribution >= 4 is 17.2 Å². The van der Waals surface area contributed by atoms with Gasteiger partial charge in [0.2, 0.25) is 0 Å². The van der Waals surface area contributed by atoms with Crippen molar-refractivity contribution in [3.05, 3.63) is 41.9 Å². The first-order valence-corrected chi connectivity index (χ1v) is 8.27. The minimum Gasteiger partial charge on any atom is -0.491 e. The molecule has 1 aliphatic heterocycles. The Morgan fingerprint density at radius 1 is 1.21 bits per heavy atom. The third-order valence-electron chi connectivity index (χ3n) is 4.00. The lowest BCUT2D eigenvalue weighted by Crippen LogP contribution is -2.20. The highest BCUT2D eigenvalue weighted by atomic mass is 16.5. The van der Waals surface area contributed by atoms with E-state index in [0.29, 0.717) is 22.7 Å². The summed E-state index contributed by atoms with van der Waals surface area (Å²) in [6.07, 6.45) is 3.94. The van der Waals surface area contributed by atoms with Crippen LogP contribution in [0.25, 0.3) is 0 Å². The van der Waals surface area contributed by atoms with E-state index >= 15 is 0 Å². The predicted molar refractivity (Wildman–Crippen MR) is 96.0 cm³/mol. The molecular formula is C18H23N5O. The van der Waals surface area contributed by atoms with Gasteiger partial charge in [-0.05, 0) is 44.9 Å². The number of benzene rings is 1. The first kappa shape index (κ1) is 16.2. The molecule has 1 aliphatic rings. The van der Waals surface area contributed by atoms with Crippen molar-refractivity contribution in [1.29, 1.82) is 5.41 Å². The van der Waals surface area contributed by atoms with E-state index in [1.807, 2.05) is 26.0 Å². The molecule has 1 saturated heterocycles. The Kier molecular flexibility index (Phi) is 4.64. The molecule has 1 aromatic heterocycles. The van der Waals surface area contributed by atoms with Crippen molar-refractivity contribution in [2.75, 3.05) is 23.7 Å². The highest BCUT2D eigenvalue weighted by Gasteiger charge is 2.17. The van der Waals surface area contributed by atoms with E-state index < -0.39 is 0 Å². The van der Waals surface area contributed by atoms with Gasteiger partial charge in [-0.2, -0.15) is 0 Å². The van der Waals surface area contributed by atoms with Gasteiger partial charge in [0.25, 0.3) is 0 Å². The van der Waals surface area contributed by atoms with E-state index in [2.05, 4.69) is 14.9 Å². The van der Waals surface area contributed by atoms with E-state index in [0.717, 1.165) is 18.9 Å². The molecule has 0 saturated carbocycles. The van der Waals surface area contributed by atoms with Gasteiger partial charge in [0, 0.05) is 30.4 Å². The van der Waals surface area contributed by atoms with Gasteiger partial charge in [-0.25, -0.2) is 9.97 Å². The molecule has 0 radical (unpaired) electrons. The average Bonchev–Trinajstić information content (AvgIpc) is 3.10. The summed E-state index contributed by atoms with van der Waals surface area (Å²) in [5, 5.41) is 8.51.